The SMILES string of the molecule is CCCCCC(=O)c1cc2ccccc2[nH]1. The van der Waals surface area contributed by atoms with Crippen LogP contribution in [0.1, 0.15) is 43.1 Å². The third-order valence-electron chi connectivity index (χ3n) is 2.84. The topological polar surface area (TPSA) is 32.9 Å². The smallest absolute Gasteiger partial charge is 0.179 e. The van der Waals surface area contributed by atoms with E-state index >= 15 is 0 Å². The molecule has 0 aliphatic rings. The Kier molecular flexibility index (Phi) is 3.40. The van der Waals surface area contributed by atoms with Crippen LogP contribution in [0.5, 0.6) is 0 Å². The van der Waals surface area contributed by atoms with Crippen LogP contribution in [0.3, 0.4) is 0 Å². The van der Waals surface area contributed by atoms with Gasteiger partial charge in [0, 0.05) is 17.3 Å². The number of unbranched alkanes of at least 4 members (excludes halogenated alkanes) is 2. The van der Waals surface area contributed by atoms with Crippen molar-refractivity contribution in [3.05, 3.63) is 36.0 Å². The van der Waals surface area contributed by atoms with Crippen molar-refractivity contribution in [3.8, 4) is 0 Å². The van der Waals surface area contributed by atoms with Crippen LogP contribution in [0.2, 0.25) is 0 Å². The minimum absolute atomic E-state index is 0.227. The van der Waals surface area contributed by atoms with Crippen LogP contribution >= 0.6 is 0 Å². The number of aromatic amines is 1. The van der Waals surface area contributed by atoms with Gasteiger partial charge in [-0.25, -0.2) is 0 Å². The Hall–Kier alpha value is -1.57. The predicted octanol–water partition coefficient (Wildman–Crippen LogP) is 3.93. The number of nitrogens with one attached hydrogen (secondary N) is 1. The normalized spacial score (nSPS) is 10.8. The van der Waals surface area contributed by atoms with Crippen LogP contribution in [0, 0.1) is 0 Å². The Morgan fingerprint density at radius 1 is 1.25 bits per heavy atom. The standard InChI is InChI=1S/C14H17NO/c1-2-3-4-9-14(16)13-10-11-7-5-6-8-12(11)15-13/h5-8,10,15H,2-4,9H2,1H3. The highest BCUT2D eigenvalue weighted by Crippen LogP contribution is 2.16. The molecule has 0 radical (unpaired) electrons. The number of carbonyl (C=O) groups is 1. The molecule has 84 valence electrons. The molecule has 0 aliphatic heterocycles. The Morgan fingerprint density at radius 3 is 2.81 bits per heavy atom. The Bertz CT molecular complexity index is 451. The molecule has 2 heteroatoms. The van der Waals surface area contributed by atoms with E-state index in [1.54, 1.807) is 0 Å². The zero-order valence-electron chi connectivity index (χ0n) is 9.62. The van der Waals surface area contributed by atoms with E-state index in [2.05, 4.69) is 11.9 Å². The summed E-state index contributed by atoms with van der Waals surface area (Å²) in [6, 6.07) is 9.93. The number of hydrogen-bond donors (Lipinski definition) is 1. The maximum absolute atomic E-state index is 11.9. The van der Waals surface area contributed by atoms with E-state index < -0.39 is 0 Å². The number of rotatable bonds is 5. The summed E-state index contributed by atoms with van der Waals surface area (Å²) in [6.45, 7) is 2.15. The molecule has 0 amide bonds. The lowest BCUT2D eigenvalue weighted by Crippen LogP contribution is -1.98. The number of hydrogen-bond acceptors (Lipinski definition) is 1. The molecule has 2 aromatic rings. The molecule has 0 bridgehead atoms. The van der Waals surface area contributed by atoms with Gasteiger partial charge in [-0.05, 0) is 18.6 Å². The van der Waals surface area contributed by atoms with Crippen LogP contribution < -0.4 is 0 Å². The van der Waals surface area contributed by atoms with E-state index in [0.29, 0.717) is 6.42 Å². The minimum Gasteiger partial charge on any atom is -0.352 e. The molecular weight excluding hydrogens is 198 g/mol. The lowest BCUT2D eigenvalue weighted by atomic mass is 10.1. The summed E-state index contributed by atoms with van der Waals surface area (Å²) in [5.74, 6) is 0.227. The number of aromatic nitrogens is 1. The van der Waals surface area contributed by atoms with Crippen molar-refractivity contribution in [2.45, 2.75) is 32.6 Å². The second kappa shape index (κ2) is 4.97. The van der Waals surface area contributed by atoms with Gasteiger partial charge in [0.15, 0.2) is 5.78 Å². The average Bonchev–Trinajstić information content (AvgIpc) is 2.73. The fraction of sp³-hybridized carbons (Fsp3) is 0.357. The van der Waals surface area contributed by atoms with Crippen molar-refractivity contribution in [2.75, 3.05) is 0 Å². The Morgan fingerprint density at radius 2 is 2.06 bits per heavy atom. The summed E-state index contributed by atoms with van der Waals surface area (Å²) in [5, 5.41) is 1.11. The van der Waals surface area contributed by atoms with Crippen LogP contribution in [0.15, 0.2) is 30.3 Å². The zero-order chi connectivity index (χ0) is 11.4. The molecule has 1 aromatic carbocycles. The number of Topliss-reactive ketones (excluding diaryl/α,β-unsaturated/α-hetero) is 1. The maximum atomic E-state index is 11.9. The molecule has 1 heterocycles. The molecule has 16 heavy (non-hydrogen) atoms. The van der Waals surface area contributed by atoms with Crippen LogP contribution in [-0.2, 0) is 0 Å². The largest absolute Gasteiger partial charge is 0.352 e. The van der Waals surface area contributed by atoms with Gasteiger partial charge in [0.2, 0.25) is 0 Å². The molecular formula is C14H17NO. The first-order chi connectivity index (χ1) is 7.81. The van der Waals surface area contributed by atoms with E-state index in [-0.39, 0.29) is 5.78 Å². The second-order valence-corrected chi connectivity index (χ2v) is 4.15. The van der Waals surface area contributed by atoms with Gasteiger partial charge in [0.25, 0.3) is 0 Å². The monoisotopic (exact) mass is 215 g/mol. The minimum atomic E-state index is 0.227. The van der Waals surface area contributed by atoms with Crippen molar-refractivity contribution in [1.82, 2.24) is 4.98 Å². The highest BCUT2D eigenvalue weighted by Gasteiger charge is 2.08. The molecule has 0 saturated carbocycles. The van der Waals surface area contributed by atoms with Gasteiger partial charge in [0.1, 0.15) is 0 Å². The molecule has 2 nitrogen and oxygen atoms in total. The summed E-state index contributed by atoms with van der Waals surface area (Å²) < 4.78 is 0. The van der Waals surface area contributed by atoms with E-state index in [0.717, 1.165) is 35.9 Å². The van der Waals surface area contributed by atoms with Gasteiger partial charge < -0.3 is 4.98 Å². The lowest BCUT2D eigenvalue weighted by Gasteiger charge is -1.96. The zero-order valence-corrected chi connectivity index (χ0v) is 9.62. The highest BCUT2D eigenvalue weighted by molar-refractivity contribution is 5.99. The van der Waals surface area contributed by atoms with Crippen molar-refractivity contribution in [2.24, 2.45) is 0 Å². The van der Waals surface area contributed by atoms with Gasteiger partial charge in [-0.3, -0.25) is 4.79 Å². The molecule has 1 aromatic heterocycles. The van der Waals surface area contributed by atoms with E-state index in [9.17, 15) is 4.79 Å². The predicted molar refractivity (Wildman–Crippen MR) is 66.8 cm³/mol. The average molecular weight is 215 g/mol. The third kappa shape index (κ3) is 2.32. The molecule has 0 unspecified atom stereocenters. The quantitative estimate of drug-likeness (QED) is 0.595. The van der Waals surface area contributed by atoms with Gasteiger partial charge in [-0.1, -0.05) is 38.0 Å². The fourth-order valence-electron chi connectivity index (χ4n) is 1.89. The summed E-state index contributed by atoms with van der Waals surface area (Å²) in [5.41, 5.74) is 1.79. The van der Waals surface area contributed by atoms with Crippen molar-refractivity contribution in [1.29, 1.82) is 0 Å². The van der Waals surface area contributed by atoms with Gasteiger partial charge in [-0.2, -0.15) is 0 Å². The first-order valence-corrected chi connectivity index (χ1v) is 5.92. The number of para-hydroxylation sites is 1. The lowest BCUT2D eigenvalue weighted by molar-refractivity contribution is 0.0975. The summed E-state index contributed by atoms with van der Waals surface area (Å²) in [7, 11) is 0. The highest BCUT2D eigenvalue weighted by atomic mass is 16.1. The maximum Gasteiger partial charge on any atom is 0.179 e. The number of benzene rings is 1. The third-order valence-corrected chi connectivity index (χ3v) is 2.84. The molecule has 2 rings (SSSR count). The van der Waals surface area contributed by atoms with Crippen LogP contribution in [0.4, 0.5) is 0 Å². The number of ketones is 1. The number of fused-ring (bicyclic) bond motifs is 1. The molecule has 0 aliphatic carbocycles. The Labute approximate surface area is 95.7 Å². The van der Waals surface area contributed by atoms with Crippen LogP contribution in [-0.4, -0.2) is 10.8 Å². The van der Waals surface area contributed by atoms with Gasteiger partial charge in [0.05, 0.1) is 5.69 Å². The summed E-state index contributed by atoms with van der Waals surface area (Å²) >= 11 is 0. The Balaban J connectivity index is 2.11. The van der Waals surface area contributed by atoms with Gasteiger partial charge >= 0.3 is 0 Å². The van der Waals surface area contributed by atoms with Crippen molar-refractivity contribution >= 4 is 16.7 Å². The first-order valence-electron chi connectivity index (χ1n) is 5.92. The van der Waals surface area contributed by atoms with Crippen molar-refractivity contribution < 1.29 is 4.79 Å². The molecule has 0 fully saturated rings. The first kappa shape index (κ1) is 10.9. The summed E-state index contributed by atoms with van der Waals surface area (Å²) in [6.07, 6.45) is 3.93. The van der Waals surface area contributed by atoms with Crippen LogP contribution in [0.25, 0.3) is 10.9 Å². The molecule has 0 saturated heterocycles. The molecule has 1 N–H and O–H groups in total. The molecule has 0 spiro atoms. The number of H-pyrrole nitrogens is 1. The van der Waals surface area contributed by atoms with E-state index in [4.69, 9.17) is 0 Å². The summed E-state index contributed by atoms with van der Waals surface area (Å²) in [4.78, 5) is 15.0. The van der Waals surface area contributed by atoms with Gasteiger partial charge in [-0.15, -0.1) is 0 Å². The molecule has 0 atom stereocenters. The van der Waals surface area contributed by atoms with E-state index in [1.807, 2.05) is 30.3 Å². The van der Waals surface area contributed by atoms with E-state index in [1.165, 1.54) is 0 Å². The second-order valence-electron chi connectivity index (χ2n) is 4.15. The van der Waals surface area contributed by atoms with Crippen molar-refractivity contribution in [3.63, 3.8) is 0 Å². The fourth-order valence-corrected chi connectivity index (χ4v) is 1.89. The number of carbonyl (C=O) groups excluding carboxylic acids is 1.